The minimum absolute atomic E-state index is 0.244. The first kappa shape index (κ1) is 15.5. The van der Waals surface area contributed by atoms with E-state index < -0.39 is 21.2 Å². The van der Waals surface area contributed by atoms with Crippen LogP contribution in [-0.4, -0.2) is 24.7 Å². The molecule has 106 valence electrons. The number of anilines is 1. The molecular formula is C13H19NO4S. The number of aliphatic carboxylic acids is 1. The highest BCUT2D eigenvalue weighted by atomic mass is 32.2. The second-order valence-corrected chi connectivity index (χ2v) is 7.42. The number of carbonyl (C=O) groups is 1. The van der Waals surface area contributed by atoms with E-state index >= 15 is 0 Å². The molecule has 0 heterocycles. The van der Waals surface area contributed by atoms with E-state index in [-0.39, 0.29) is 5.41 Å². The molecule has 6 heteroatoms. The molecule has 0 radical (unpaired) electrons. The molecular weight excluding hydrogens is 266 g/mol. The molecule has 5 nitrogen and oxygen atoms in total. The van der Waals surface area contributed by atoms with Gasteiger partial charge in [0.25, 0.3) is 0 Å². The van der Waals surface area contributed by atoms with Crippen LogP contribution in [0.25, 0.3) is 0 Å². The number of carboxylic acid groups (broad SMARTS) is 1. The molecule has 0 aliphatic carbocycles. The molecule has 1 aromatic rings. The third-order valence-corrected chi connectivity index (χ3v) is 4.44. The van der Waals surface area contributed by atoms with E-state index in [0.717, 1.165) is 12.5 Å². The monoisotopic (exact) mass is 285 g/mol. The van der Waals surface area contributed by atoms with E-state index in [4.69, 9.17) is 5.11 Å². The summed E-state index contributed by atoms with van der Waals surface area (Å²) in [6.07, 6.45) is 0. The Morgan fingerprint density at radius 1 is 1.26 bits per heavy atom. The van der Waals surface area contributed by atoms with E-state index in [0.29, 0.717) is 5.69 Å². The highest BCUT2D eigenvalue weighted by Crippen LogP contribution is 2.30. The van der Waals surface area contributed by atoms with Crippen molar-refractivity contribution >= 4 is 21.7 Å². The maximum Gasteiger partial charge on any atom is 0.323 e. The molecule has 1 rings (SSSR count). The third-order valence-electron chi connectivity index (χ3n) is 2.80. The highest BCUT2D eigenvalue weighted by molar-refractivity contribution is 7.94. The first-order chi connectivity index (χ1) is 8.55. The van der Waals surface area contributed by atoms with Crippen molar-refractivity contribution in [2.75, 3.05) is 4.72 Å². The SMILES string of the molecule is CC(C(=O)O)S(=O)(=O)Nc1ccccc1C(C)(C)C. The van der Waals surface area contributed by atoms with Crippen molar-refractivity contribution in [3.05, 3.63) is 29.8 Å². The Morgan fingerprint density at radius 2 is 1.79 bits per heavy atom. The molecule has 1 atom stereocenters. The zero-order valence-corrected chi connectivity index (χ0v) is 12.3. The Bertz CT molecular complexity index is 573. The molecule has 2 N–H and O–H groups in total. The van der Waals surface area contributed by atoms with Crippen molar-refractivity contribution in [2.24, 2.45) is 0 Å². The van der Waals surface area contributed by atoms with Crippen molar-refractivity contribution in [2.45, 2.75) is 38.4 Å². The Labute approximate surface area is 113 Å². The fourth-order valence-corrected chi connectivity index (χ4v) is 2.53. The lowest BCUT2D eigenvalue weighted by atomic mass is 9.86. The molecule has 0 bridgehead atoms. The van der Waals surface area contributed by atoms with Gasteiger partial charge in [0.1, 0.15) is 0 Å². The summed E-state index contributed by atoms with van der Waals surface area (Å²) in [6, 6.07) is 6.98. The predicted molar refractivity (Wildman–Crippen MR) is 74.8 cm³/mol. The van der Waals surface area contributed by atoms with Crippen LogP contribution in [0.2, 0.25) is 0 Å². The van der Waals surface area contributed by atoms with Crippen molar-refractivity contribution < 1.29 is 18.3 Å². The van der Waals surface area contributed by atoms with Crippen LogP contribution in [0, 0.1) is 0 Å². The minimum Gasteiger partial charge on any atom is -0.480 e. The normalized spacial score (nSPS) is 13.9. The smallest absolute Gasteiger partial charge is 0.323 e. The van der Waals surface area contributed by atoms with Crippen LogP contribution in [0.1, 0.15) is 33.3 Å². The summed E-state index contributed by atoms with van der Waals surface area (Å²) in [7, 11) is -3.94. The van der Waals surface area contributed by atoms with Gasteiger partial charge in [-0.15, -0.1) is 0 Å². The van der Waals surface area contributed by atoms with Gasteiger partial charge >= 0.3 is 5.97 Å². The minimum atomic E-state index is -3.94. The molecule has 0 spiro atoms. The number of benzene rings is 1. The van der Waals surface area contributed by atoms with Gasteiger partial charge in [-0.05, 0) is 24.0 Å². The Kier molecular flexibility index (Phi) is 4.25. The summed E-state index contributed by atoms with van der Waals surface area (Å²) >= 11 is 0. The Hall–Kier alpha value is -1.56. The number of sulfonamides is 1. The lowest BCUT2D eigenvalue weighted by Gasteiger charge is -2.23. The maximum absolute atomic E-state index is 11.9. The van der Waals surface area contributed by atoms with Crippen molar-refractivity contribution in [1.82, 2.24) is 0 Å². The highest BCUT2D eigenvalue weighted by Gasteiger charge is 2.29. The second-order valence-electron chi connectivity index (χ2n) is 5.42. The Balaban J connectivity index is 3.18. The summed E-state index contributed by atoms with van der Waals surface area (Å²) in [6.45, 7) is 7.02. The number of nitrogens with one attached hydrogen (secondary N) is 1. The van der Waals surface area contributed by atoms with Gasteiger partial charge in [-0.2, -0.15) is 0 Å². The van der Waals surface area contributed by atoms with Gasteiger partial charge in [0, 0.05) is 0 Å². The molecule has 0 fully saturated rings. The average Bonchev–Trinajstić information content (AvgIpc) is 2.26. The van der Waals surface area contributed by atoms with Gasteiger partial charge in [0.2, 0.25) is 10.0 Å². The summed E-state index contributed by atoms with van der Waals surface area (Å²) in [5.74, 6) is -1.37. The number of hydrogen-bond acceptors (Lipinski definition) is 3. The summed E-state index contributed by atoms with van der Waals surface area (Å²) in [4.78, 5) is 10.8. The zero-order chi connectivity index (χ0) is 14.8. The van der Waals surface area contributed by atoms with Crippen LogP contribution < -0.4 is 4.72 Å². The molecule has 0 saturated heterocycles. The molecule has 19 heavy (non-hydrogen) atoms. The largest absolute Gasteiger partial charge is 0.480 e. The third kappa shape index (κ3) is 3.70. The molecule has 0 aromatic heterocycles. The molecule has 0 amide bonds. The summed E-state index contributed by atoms with van der Waals surface area (Å²) in [5, 5.41) is 7.31. The number of para-hydroxylation sites is 1. The molecule has 1 aromatic carbocycles. The summed E-state index contributed by atoms with van der Waals surface area (Å²) < 4.78 is 26.2. The van der Waals surface area contributed by atoms with Crippen molar-refractivity contribution in [3.8, 4) is 0 Å². The lowest BCUT2D eigenvalue weighted by molar-refractivity contribution is -0.136. The lowest BCUT2D eigenvalue weighted by Crippen LogP contribution is -2.32. The topological polar surface area (TPSA) is 83.5 Å². The fourth-order valence-electron chi connectivity index (χ4n) is 1.60. The van der Waals surface area contributed by atoms with E-state index in [2.05, 4.69) is 4.72 Å². The molecule has 1 unspecified atom stereocenters. The van der Waals surface area contributed by atoms with Gasteiger partial charge in [-0.1, -0.05) is 39.0 Å². The first-order valence-corrected chi connectivity index (χ1v) is 7.44. The zero-order valence-electron chi connectivity index (χ0n) is 11.5. The molecule has 0 aliphatic heterocycles. The average molecular weight is 285 g/mol. The van der Waals surface area contributed by atoms with Gasteiger partial charge in [-0.3, -0.25) is 9.52 Å². The first-order valence-electron chi connectivity index (χ1n) is 5.89. The van der Waals surface area contributed by atoms with Crippen LogP contribution in [0.5, 0.6) is 0 Å². The van der Waals surface area contributed by atoms with Gasteiger partial charge in [0.05, 0.1) is 5.69 Å². The number of hydrogen-bond donors (Lipinski definition) is 2. The molecule has 0 saturated carbocycles. The summed E-state index contributed by atoms with van der Waals surface area (Å²) in [5.41, 5.74) is 0.991. The van der Waals surface area contributed by atoms with Gasteiger partial charge in [-0.25, -0.2) is 8.42 Å². The van der Waals surface area contributed by atoms with Crippen LogP contribution in [-0.2, 0) is 20.2 Å². The van der Waals surface area contributed by atoms with Crippen LogP contribution >= 0.6 is 0 Å². The Morgan fingerprint density at radius 3 is 2.26 bits per heavy atom. The maximum atomic E-state index is 11.9. The van der Waals surface area contributed by atoms with Crippen LogP contribution in [0.4, 0.5) is 5.69 Å². The van der Waals surface area contributed by atoms with Crippen molar-refractivity contribution in [1.29, 1.82) is 0 Å². The van der Waals surface area contributed by atoms with E-state index in [9.17, 15) is 13.2 Å². The second kappa shape index (κ2) is 5.21. The fraction of sp³-hybridized carbons (Fsp3) is 0.462. The van der Waals surface area contributed by atoms with Gasteiger partial charge in [0.15, 0.2) is 5.25 Å². The number of rotatable bonds is 4. The quantitative estimate of drug-likeness (QED) is 0.888. The predicted octanol–water partition coefficient (Wildman–Crippen LogP) is 2.20. The van der Waals surface area contributed by atoms with Crippen molar-refractivity contribution in [3.63, 3.8) is 0 Å². The van der Waals surface area contributed by atoms with E-state index in [1.165, 1.54) is 0 Å². The molecule has 0 aliphatic rings. The van der Waals surface area contributed by atoms with E-state index in [1.807, 2.05) is 32.9 Å². The van der Waals surface area contributed by atoms with E-state index in [1.54, 1.807) is 12.1 Å². The standard InChI is InChI=1S/C13H19NO4S/c1-9(12(15)16)19(17,18)14-11-8-6-5-7-10(11)13(2,3)4/h5-9,14H,1-4H3,(H,15,16). The van der Waals surface area contributed by atoms with Crippen LogP contribution in [0.3, 0.4) is 0 Å². The number of carboxylic acids is 1. The van der Waals surface area contributed by atoms with Crippen LogP contribution in [0.15, 0.2) is 24.3 Å². The van der Waals surface area contributed by atoms with Gasteiger partial charge < -0.3 is 5.11 Å².